The van der Waals surface area contributed by atoms with Crippen LogP contribution in [0.3, 0.4) is 0 Å². The zero-order valence-electron chi connectivity index (χ0n) is 8.91. The van der Waals surface area contributed by atoms with Crippen LogP contribution in [0.25, 0.3) is 0 Å². The highest BCUT2D eigenvalue weighted by atomic mass is 16.3. The highest BCUT2D eigenvalue weighted by Crippen LogP contribution is 2.33. The Kier molecular flexibility index (Phi) is 2.95. The Hall–Kier alpha value is -0.900. The van der Waals surface area contributed by atoms with E-state index in [0.29, 0.717) is 6.42 Å². The number of carbonyl (C=O) groups is 2. The third-order valence-corrected chi connectivity index (χ3v) is 2.65. The molecule has 4 nitrogen and oxygen atoms in total. The van der Waals surface area contributed by atoms with Gasteiger partial charge in [0.1, 0.15) is 0 Å². The Morgan fingerprint density at radius 3 is 2.43 bits per heavy atom. The van der Waals surface area contributed by atoms with Crippen LogP contribution in [0.1, 0.15) is 33.6 Å². The van der Waals surface area contributed by atoms with Crippen LogP contribution in [0.15, 0.2) is 0 Å². The van der Waals surface area contributed by atoms with Crippen molar-refractivity contribution >= 4 is 11.8 Å². The predicted octanol–water partition coefficient (Wildman–Crippen LogP) is 0.542. The number of hydrogen-bond donors (Lipinski definition) is 1. The highest BCUT2D eigenvalue weighted by molar-refractivity contribution is 6.05. The summed E-state index contributed by atoms with van der Waals surface area (Å²) in [4.78, 5) is 24.6. The average Bonchev–Trinajstić information content (AvgIpc) is 2.22. The number of likely N-dealkylation sites (tertiary alicyclic amines) is 1. The van der Waals surface area contributed by atoms with Crippen molar-refractivity contribution in [2.75, 3.05) is 6.61 Å². The van der Waals surface area contributed by atoms with Gasteiger partial charge in [-0.25, -0.2) is 0 Å². The Bertz CT molecular complexity index is 260. The van der Waals surface area contributed by atoms with Gasteiger partial charge in [0.15, 0.2) is 0 Å². The van der Waals surface area contributed by atoms with Gasteiger partial charge in [-0.15, -0.1) is 0 Å². The SMILES string of the molecule is CC(CCO)N1C(=O)CC(C)(C)C1=O. The molecule has 2 amide bonds. The van der Waals surface area contributed by atoms with Crippen molar-refractivity contribution in [3.63, 3.8) is 0 Å². The first-order valence-electron chi connectivity index (χ1n) is 4.87. The van der Waals surface area contributed by atoms with E-state index in [0.717, 1.165) is 0 Å². The van der Waals surface area contributed by atoms with Gasteiger partial charge in [0.05, 0.1) is 5.41 Å². The van der Waals surface area contributed by atoms with Crippen LogP contribution in [0.2, 0.25) is 0 Å². The second-order valence-electron chi connectivity index (χ2n) is 4.49. The van der Waals surface area contributed by atoms with Crippen LogP contribution in [0.4, 0.5) is 0 Å². The Morgan fingerprint density at radius 2 is 2.07 bits per heavy atom. The summed E-state index contributed by atoms with van der Waals surface area (Å²) >= 11 is 0. The van der Waals surface area contributed by atoms with Gasteiger partial charge in [-0.1, -0.05) is 13.8 Å². The molecule has 0 saturated carbocycles. The summed E-state index contributed by atoms with van der Waals surface area (Å²) in [5, 5.41) is 8.75. The largest absolute Gasteiger partial charge is 0.396 e. The molecule has 1 aliphatic rings. The van der Waals surface area contributed by atoms with Gasteiger partial charge in [-0.05, 0) is 13.3 Å². The number of aliphatic hydroxyl groups excluding tert-OH is 1. The van der Waals surface area contributed by atoms with Crippen LogP contribution >= 0.6 is 0 Å². The van der Waals surface area contributed by atoms with E-state index in [1.807, 2.05) is 0 Å². The fraction of sp³-hybridized carbons (Fsp3) is 0.800. The quantitative estimate of drug-likeness (QED) is 0.675. The van der Waals surface area contributed by atoms with Gasteiger partial charge in [-0.3, -0.25) is 14.5 Å². The summed E-state index contributed by atoms with van der Waals surface area (Å²) in [5.41, 5.74) is -0.569. The maximum atomic E-state index is 11.8. The number of hydrogen-bond acceptors (Lipinski definition) is 3. The van der Waals surface area contributed by atoms with E-state index >= 15 is 0 Å². The molecule has 0 spiro atoms. The molecule has 1 aliphatic heterocycles. The molecule has 1 fully saturated rings. The molecule has 0 aromatic rings. The van der Waals surface area contributed by atoms with E-state index < -0.39 is 5.41 Å². The second-order valence-corrected chi connectivity index (χ2v) is 4.49. The molecule has 0 aromatic carbocycles. The lowest BCUT2D eigenvalue weighted by atomic mass is 9.92. The van der Waals surface area contributed by atoms with Crippen molar-refractivity contribution in [2.45, 2.75) is 39.7 Å². The molecule has 0 radical (unpaired) electrons. The maximum absolute atomic E-state index is 11.8. The molecule has 14 heavy (non-hydrogen) atoms. The van der Waals surface area contributed by atoms with Crippen LogP contribution in [-0.2, 0) is 9.59 Å². The number of imide groups is 1. The first-order valence-corrected chi connectivity index (χ1v) is 4.87. The molecule has 0 aliphatic carbocycles. The molecule has 1 atom stereocenters. The topological polar surface area (TPSA) is 57.6 Å². The van der Waals surface area contributed by atoms with Gasteiger partial charge in [0.2, 0.25) is 11.8 Å². The van der Waals surface area contributed by atoms with Crippen molar-refractivity contribution in [1.82, 2.24) is 4.90 Å². The van der Waals surface area contributed by atoms with E-state index in [1.54, 1.807) is 20.8 Å². The molecule has 1 heterocycles. The molecule has 1 N–H and O–H groups in total. The van der Waals surface area contributed by atoms with Crippen molar-refractivity contribution < 1.29 is 14.7 Å². The van der Waals surface area contributed by atoms with Crippen LogP contribution in [0, 0.1) is 5.41 Å². The van der Waals surface area contributed by atoms with Crippen LogP contribution in [0.5, 0.6) is 0 Å². The molecule has 0 aromatic heterocycles. The molecule has 1 saturated heterocycles. The Morgan fingerprint density at radius 1 is 1.50 bits per heavy atom. The van der Waals surface area contributed by atoms with E-state index in [1.165, 1.54) is 4.90 Å². The number of amides is 2. The number of carbonyl (C=O) groups excluding carboxylic acids is 2. The van der Waals surface area contributed by atoms with Crippen molar-refractivity contribution in [3.05, 3.63) is 0 Å². The minimum atomic E-state index is -0.569. The normalized spacial score (nSPS) is 23.0. The molecular weight excluding hydrogens is 182 g/mol. The van der Waals surface area contributed by atoms with Crippen LogP contribution in [-0.4, -0.2) is 34.5 Å². The van der Waals surface area contributed by atoms with Gasteiger partial charge in [0.25, 0.3) is 0 Å². The summed E-state index contributed by atoms with van der Waals surface area (Å²) in [6.45, 7) is 5.34. The van der Waals surface area contributed by atoms with Crippen molar-refractivity contribution in [2.24, 2.45) is 5.41 Å². The van der Waals surface area contributed by atoms with Crippen molar-refractivity contribution in [3.8, 4) is 0 Å². The molecule has 0 bridgehead atoms. The van der Waals surface area contributed by atoms with E-state index in [9.17, 15) is 9.59 Å². The van der Waals surface area contributed by atoms with Gasteiger partial charge < -0.3 is 5.11 Å². The summed E-state index contributed by atoms with van der Waals surface area (Å²) in [7, 11) is 0. The maximum Gasteiger partial charge on any atom is 0.235 e. The highest BCUT2D eigenvalue weighted by Gasteiger charge is 2.46. The standard InChI is InChI=1S/C10H17NO3/c1-7(4-5-12)11-8(13)6-10(2,3)9(11)14/h7,12H,4-6H2,1-3H3. The van der Waals surface area contributed by atoms with Gasteiger partial charge >= 0.3 is 0 Å². The first-order chi connectivity index (χ1) is 6.40. The summed E-state index contributed by atoms with van der Waals surface area (Å²) in [5.74, 6) is -0.246. The molecule has 1 rings (SSSR count). The Balaban J connectivity index is 2.80. The fourth-order valence-corrected chi connectivity index (χ4v) is 1.74. The minimum absolute atomic E-state index is 0.00133. The lowest BCUT2D eigenvalue weighted by Crippen LogP contribution is -2.40. The smallest absolute Gasteiger partial charge is 0.235 e. The first kappa shape index (κ1) is 11.2. The van der Waals surface area contributed by atoms with Gasteiger partial charge in [-0.2, -0.15) is 0 Å². The lowest BCUT2D eigenvalue weighted by Gasteiger charge is -2.23. The predicted molar refractivity (Wildman–Crippen MR) is 51.4 cm³/mol. The molecular formula is C10H17NO3. The number of aliphatic hydroxyl groups is 1. The van der Waals surface area contributed by atoms with Gasteiger partial charge in [0, 0.05) is 19.1 Å². The third kappa shape index (κ3) is 1.80. The number of nitrogens with zero attached hydrogens (tertiary/aromatic N) is 1. The van der Waals surface area contributed by atoms with E-state index in [4.69, 9.17) is 5.11 Å². The molecule has 1 unspecified atom stereocenters. The molecule has 4 heteroatoms. The van der Waals surface area contributed by atoms with E-state index in [-0.39, 0.29) is 30.9 Å². The third-order valence-electron chi connectivity index (χ3n) is 2.65. The summed E-state index contributed by atoms with van der Waals surface area (Å²) in [6.07, 6.45) is 0.731. The van der Waals surface area contributed by atoms with E-state index in [2.05, 4.69) is 0 Å². The summed E-state index contributed by atoms with van der Waals surface area (Å²) in [6, 6.07) is -0.193. The van der Waals surface area contributed by atoms with Crippen molar-refractivity contribution in [1.29, 1.82) is 0 Å². The fourth-order valence-electron chi connectivity index (χ4n) is 1.74. The average molecular weight is 199 g/mol. The second kappa shape index (κ2) is 3.69. The molecule has 80 valence electrons. The summed E-state index contributed by atoms with van der Waals surface area (Å²) < 4.78 is 0. The zero-order valence-corrected chi connectivity index (χ0v) is 8.91. The zero-order chi connectivity index (χ0) is 10.9. The Labute approximate surface area is 83.9 Å². The van der Waals surface area contributed by atoms with Crippen LogP contribution < -0.4 is 0 Å². The number of rotatable bonds is 3. The monoisotopic (exact) mass is 199 g/mol. The minimum Gasteiger partial charge on any atom is -0.396 e. The lowest BCUT2D eigenvalue weighted by molar-refractivity contribution is -0.143.